The molecule has 1 aromatic rings. The second kappa shape index (κ2) is 8.27. The number of halogens is 1. The third kappa shape index (κ3) is 5.65. The van der Waals surface area contributed by atoms with Gasteiger partial charge in [0.2, 0.25) is 0 Å². The molecule has 0 spiro atoms. The molecule has 1 N–H and O–H groups in total. The van der Waals surface area contributed by atoms with Crippen molar-refractivity contribution in [2.45, 2.75) is 52.7 Å². The van der Waals surface area contributed by atoms with Crippen LogP contribution in [-0.4, -0.2) is 22.6 Å². The highest BCUT2D eigenvalue weighted by molar-refractivity contribution is 6.29. The van der Waals surface area contributed by atoms with Crippen molar-refractivity contribution in [3.05, 3.63) is 17.0 Å². The van der Waals surface area contributed by atoms with Crippen LogP contribution in [0.1, 0.15) is 45.9 Å². The second-order valence-electron chi connectivity index (χ2n) is 4.32. The Labute approximate surface area is 114 Å². The Morgan fingerprint density at radius 3 is 2.83 bits per heavy atom. The average molecular weight is 272 g/mol. The molecule has 5 heteroatoms. The smallest absolute Gasteiger partial charge is 0.158 e. The van der Waals surface area contributed by atoms with Crippen molar-refractivity contribution in [3.63, 3.8) is 0 Å². The molecule has 0 aliphatic rings. The SMILES string of the molecule is CCCCC(C)Nc1cc(Cl)nc(COCC)n1. The van der Waals surface area contributed by atoms with E-state index in [1.165, 1.54) is 12.8 Å². The molecule has 1 rings (SSSR count). The van der Waals surface area contributed by atoms with E-state index < -0.39 is 0 Å². The minimum absolute atomic E-state index is 0.385. The van der Waals surface area contributed by atoms with Crippen molar-refractivity contribution >= 4 is 17.4 Å². The molecule has 0 aliphatic carbocycles. The zero-order valence-corrected chi connectivity index (χ0v) is 12.1. The quantitative estimate of drug-likeness (QED) is 0.733. The van der Waals surface area contributed by atoms with E-state index in [9.17, 15) is 0 Å². The Morgan fingerprint density at radius 2 is 2.17 bits per heavy atom. The fourth-order valence-corrected chi connectivity index (χ4v) is 1.83. The molecular weight excluding hydrogens is 250 g/mol. The van der Waals surface area contributed by atoms with E-state index in [4.69, 9.17) is 16.3 Å². The van der Waals surface area contributed by atoms with Gasteiger partial charge in [-0.3, -0.25) is 0 Å². The van der Waals surface area contributed by atoms with Crippen LogP contribution in [0.5, 0.6) is 0 Å². The summed E-state index contributed by atoms with van der Waals surface area (Å²) in [4.78, 5) is 8.52. The second-order valence-corrected chi connectivity index (χ2v) is 4.70. The van der Waals surface area contributed by atoms with Gasteiger partial charge in [0, 0.05) is 18.7 Å². The predicted octanol–water partition coefficient (Wildman–Crippen LogP) is 3.66. The van der Waals surface area contributed by atoms with Crippen molar-refractivity contribution in [2.75, 3.05) is 11.9 Å². The predicted molar refractivity (Wildman–Crippen MR) is 75.0 cm³/mol. The van der Waals surface area contributed by atoms with Crippen molar-refractivity contribution in [2.24, 2.45) is 0 Å². The molecule has 0 bridgehead atoms. The minimum Gasteiger partial charge on any atom is -0.374 e. The van der Waals surface area contributed by atoms with Gasteiger partial charge in [-0.15, -0.1) is 0 Å². The van der Waals surface area contributed by atoms with E-state index in [0.29, 0.717) is 30.2 Å². The van der Waals surface area contributed by atoms with Crippen molar-refractivity contribution in [1.82, 2.24) is 9.97 Å². The van der Waals surface area contributed by atoms with Crippen molar-refractivity contribution in [1.29, 1.82) is 0 Å². The maximum atomic E-state index is 5.97. The lowest BCUT2D eigenvalue weighted by molar-refractivity contribution is 0.128. The average Bonchev–Trinajstić information content (AvgIpc) is 2.33. The van der Waals surface area contributed by atoms with Gasteiger partial charge in [0.1, 0.15) is 17.6 Å². The Morgan fingerprint density at radius 1 is 1.39 bits per heavy atom. The van der Waals surface area contributed by atoms with Crippen molar-refractivity contribution < 1.29 is 4.74 Å². The Kier molecular flexibility index (Phi) is 6.98. The van der Waals surface area contributed by atoms with Gasteiger partial charge in [0.05, 0.1) is 0 Å². The van der Waals surface area contributed by atoms with Gasteiger partial charge in [-0.25, -0.2) is 9.97 Å². The van der Waals surface area contributed by atoms with E-state index in [2.05, 4.69) is 29.1 Å². The van der Waals surface area contributed by atoms with Gasteiger partial charge >= 0.3 is 0 Å². The maximum absolute atomic E-state index is 5.97. The van der Waals surface area contributed by atoms with Gasteiger partial charge in [-0.1, -0.05) is 31.4 Å². The van der Waals surface area contributed by atoms with E-state index in [-0.39, 0.29) is 0 Å². The molecule has 0 saturated heterocycles. The van der Waals surface area contributed by atoms with Gasteiger partial charge in [0.25, 0.3) is 0 Å². The molecule has 0 aromatic carbocycles. The lowest BCUT2D eigenvalue weighted by Gasteiger charge is -2.14. The molecule has 18 heavy (non-hydrogen) atoms. The van der Waals surface area contributed by atoms with Crippen molar-refractivity contribution in [3.8, 4) is 0 Å². The largest absolute Gasteiger partial charge is 0.374 e. The van der Waals surface area contributed by atoms with Crippen LogP contribution in [0.15, 0.2) is 6.07 Å². The molecule has 4 nitrogen and oxygen atoms in total. The fourth-order valence-electron chi connectivity index (χ4n) is 1.63. The third-order valence-corrected chi connectivity index (χ3v) is 2.76. The molecule has 1 atom stereocenters. The van der Waals surface area contributed by atoms with Crippen LogP contribution < -0.4 is 5.32 Å². The number of anilines is 1. The zero-order chi connectivity index (χ0) is 13.4. The van der Waals surface area contributed by atoms with Gasteiger partial charge in [0.15, 0.2) is 5.82 Å². The molecule has 1 heterocycles. The summed E-state index contributed by atoms with van der Waals surface area (Å²) in [7, 11) is 0. The first-order valence-electron chi connectivity index (χ1n) is 6.53. The highest BCUT2D eigenvalue weighted by Crippen LogP contribution is 2.14. The lowest BCUT2D eigenvalue weighted by atomic mass is 10.1. The third-order valence-electron chi connectivity index (χ3n) is 2.56. The minimum atomic E-state index is 0.385. The van der Waals surface area contributed by atoms with Gasteiger partial charge < -0.3 is 10.1 Å². The van der Waals surface area contributed by atoms with E-state index in [1.807, 2.05) is 6.92 Å². The maximum Gasteiger partial charge on any atom is 0.158 e. The summed E-state index contributed by atoms with van der Waals surface area (Å²) in [6, 6.07) is 2.13. The zero-order valence-electron chi connectivity index (χ0n) is 11.4. The molecule has 0 saturated carbocycles. The van der Waals surface area contributed by atoms with E-state index in [1.54, 1.807) is 6.07 Å². The van der Waals surface area contributed by atoms with Crippen LogP contribution in [0.3, 0.4) is 0 Å². The first-order chi connectivity index (χ1) is 8.65. The Bertz CT molecular complexity index is 360. The number of rotatable bonds is 8. The number of hydrogen-bond acceptors (Lipinski definition) is 4. The summed E-state index contributed by atoms with van der Waals surface area (Å²) in [6.45, 7) is 7.32. The summed E-state index contributed by atoms with van der Waals surface area (Å²) in [6.07, 6.45) is 3.53. The number of ether oxygens (including phenoxy) is 1. The standard InChI is InChI=1S/C13H22ClN3O/c1-4-6-7-10(3)15-12-8-11(14)16-13(17-12)9-18-5-2/h8,10H,4-7,9H2,1-3H3,(H,15,16,17). The fraction of sp³-hybridized carbons (Fsp3) is 0.692. The van der Waals surface area contributed by atoms with Gasteiger partial charge in [-0.05, 0) is 20.3 Å². The van der Waals surface area contributed by atoms with Crippen LogP contribution in [0.25, 0.3) is 0 Å². The highest BCUT2D eigenvalue weighted by Gasteiger charge is 2.06. The molecule has 102 valence electrons. The normalized spacial score (nSPS) is 12.4. The summed E-state index contributed by atoms with van der Waals surface area (Å²) in [5, 5.41) is 3.79. The number of hydrogen-bond donors (Lipinski definition) is 1. The molecule has 0 aliphatic heterocycles. The van der Waals surface area contributed by atoms with Crippen LogP contribution in [-0.2, 0) is 11.3 Å². The molecule has 1 aromatic heterocycles. The van der Waals surface area contributed by atoms with Crippen LogP contribution in [0.2, 0.25) is 5.15 Å². The number of unbranched alkanes of at least 4 members (excludes halogenated alkanes) is 1. The Balaban J connectivity index is 2.61. The van der Waals surface area contributed by atoms with E-state index >= 15 is 0 Å². The molecule has 0 fully saturated rings. The molecule has 0 radical (unpaired) electrons. The lowest BCUT2D eigenvalue weighted by Crippen LogP contribution is -2.16. The van der Waals surface area contributed by atoms with Crippen LogP contribution in [0, 0.1) is 0 Å². The first-order valence-corrected chi connectivity index (χ1v) is 6.91. The number of nitrogens with one attached hydrogen (secondary N) is 1. The molecule has 0 amide bonds. The number of aromatic nitrogens is 2. The van der Waals surface area contributed by atoms with E-state index in [0.717, 1.165) is 12.2 Å². The number of nitrogens with zero attached hydrogens (tertiary/aromatic N) is 2. The van der Waals surface area contributed by atoms with Gasteiger partial charge in [-0.2, -0.15) is 0 Å². The summed E-state index contributed by atoms with van der Waals surface area (Å²) in [5.74, 6) is 1.39. The summed E-state index contributed by atoms with van der Waals surface area (Å²) < 4.78 is 5.29. The molecular formula is C13H22ClN3O. The summed E-state index contributed by atoms with van der Waals surface area (Å²) >= 11 is 5.97. The Hall–Kier alpha value is -0.870. The molecule has 1 unspecified atom stereocenters. The highest BCUT2D eigenvalue weighted by atomic mass is 35.5. The summed E-state index contributed by atoms with van der Waals surface area (Å²) in [5.41, 5.74) is 0. The first kappa shape index (κ1) is 15.2. The topological polar surface area (TPSA) is 47.0 Å². The van der Waals surface area contributed by atoms with Crippen LogP contribution in [0.4, 0.5) is 5.82 Å². The monoisotopic (exact) mass is 271 g/mol. The van der Waals surface area contributed by atoms with Crippen LogP contribution >= 0.6 is 11.6 Å².